The Kier molecular flexibility index (Phi) is 5.30. The minimum atomic E-state index is -0.408. The third-order valence-corrected chi connectivity index (χ3v) is 3.38. The van der Waals surface area contributed by atoms with Gasteiger partial charge in [-0.25, -0.2) is 4.79 Å². The standard InChI is InChI=1S/C12H18N2O3S/c1-5-17-12(16)9-6-7(2)18-11(9)14-10(15)8(3)13-4/h6,8,13H,5H2,1-4H3,(H,14,15). The molecule has 1 amide bonds. The van der Waals surface area contributed by atoms with Gasteiger partial charge < -0.3 is 15.4 Å². The average Bonchev–Trinajstić information content (AvgIpc) is 2.69. The van der Waals surface area contributed by atoms with Crippen LogP contribution in [0.25, 0.3) is 0 Å². The number of thiophene rings is 1. The molecule has 1 aromatic rings. The van der Waals surface area contributed by atoms with Crippen LogP contribution in [0.3, 0.4) is 0 Å². The summed E-state index contributed by atoms with van der Waals surface area (Å²) in [5.74, 6) is -0.584. The molecule has 5 nitrogen and oxygen atoms in total. The van der Waals surface area contributed by atoms with Crippen molar-refractivity contribution in [2.45, 2.75) is 26.8 Å². The second kappa shape index (κ2) is 6.51. The lowest BCUT2D eigenvalue weighted by Gasteiger charge is -2.10. The van der Waals surface area contributed by atoms with Crippen LogP contribution in [0.1, 0.15) is 29.1 Å². The van der Waals surface area contributed by atoms with E-state index in [-0.39, 0.29) is 11.9 Å². The van der Waals surface area contributed by atoms with E-state index in [1.807, 2.05) is 6.92 Å². The molecule has 18 heavy (non-hydrogen) atoms. The van der Waals surface area contributed by atoms with Crippen LogP contribution in [0.5, 0.6) is 0 Å². The molecule has 0 fully saturated rings. The Labute approximate surface area is 111 Å². The zero-order valence-electron chi connectivity index (χ0n) is 11.0. The maximum atomic E-state index is 11.8. The maximum Gasteiger partial charge on any atom is 0.341 e. The number of hydrogen-bond acceptors (Lipinski definition) is 5. The molecule has 0 aliphatic rings. The van der Waals surface area contributed by atoms with Gasteiger partial charge in [-0.1, -0.05) is 0 Å². The van der Waals surface area contributed by atoms with Gasteiger partial charge in [0.15, 0.2) is 0 Å². The number of hydrogen-bond donors (Lipinski definition) is 2. The smallest absolute Gasteiger partial charge is 0.341 e. The number of carbonyl (C=O) groups is 2. The van der Waals surface area contributed by atoms with E-state index in [9.17, 15) is 9.59 Å². The Morgan fingerprint density at radius 2 is 2.17 bits per heavy atom. The molecule has 0 saturated heterocycles. The van der Waals surface area contributed by atoms with Crippen LogP contribution in [-0.2, 0) is 9.53 Å². The van der Waals surface area contributed by atoms with Crippen LogP contribution < -0.4 is 10.6 Å². The highest BCUT2D eigenvalue weighted by atomic mass is 32.1. The molecule has 1 heterocycles. The fraction of sp³-hybridized carbons (Fsp3) is 0.500. The summed E-state index contributed by atoms with van der Waals surface area (Å²) in [5, 5.41) is 6.12. The lowest BCUT2D eigenvalue weighted by Crippen LogP contribution is -2.35. The molecule has 100 valence electrons. The lowest BCUT2D eigenvalue weighted by molar-refractivity contribution is -0.117. The maximum absolute atomic E-state index is 11.8. The average molecular weight is 270 g/mol. The minimum absolute atomic E-state index is 0.176. The van der Waals surface area contributed by atoms with Crippen LogP contribution >= 0.6 is 11.3 Å². The van der Waals surface area contributed by atoms with Gasteiger partial charge in [-0.2, -0.15) is 0 Å². The zero-order valence-corrected chi connectivity index (χ0v) is 11.8. The fourth-order valence-corrected chi connectivity index (χ4v) is 2.22. The summed E-state index contributed by atoms with van der Waals surface area (Å²) < 4.78 is 4.95. The van der Waals surface area contributed by atoms with Gasteiger partial charge in [0.25, 0.3) is 0 Å². The van der Waals surface area contributed by atoms with Crippen molar-refractivity contribution in [3.8, 4) is 0 Å². The molecule has 1 aromatic heterocycles. The summed E-state index contributed by atoms with van der Waals surface area (Å²) in [6.45, 7) is 5.69. The molecule has 0 spiro atoms. The molecular weight excluding hydrogens is 252 g/mol. The third kappa shape index (κ3) is 3.54. The third-order valence-electron chi connectivity index (χ3n) is 2.41. The van der Waals surface area contributed by atoms with E-state index in [1.165, 1.54) is 11.3 Å². The van der Waals surface area contributed by atoms with Gasteiger partial charge in [-0.05, 0) is 33.9 Å². The van der Waals surface area contributed by atoms with Crippen molar-refractivity contribution in [3.63, 3.8) is 0 Å². The van der Waals surface area contributed by atoms with Gasteiger partial charge in [0.1, 0.15) is 5.00 Å². The molecule has 1 unspecified atom stereocenters. The van der Waals surface area contributed by atoms with Gasteiger partial charge in [0.05, 0.1) is 18.2 Å². The van der Waals surface area contributed by atoms with Gasteiger partial charge >= 0.3 is 5.97 Å². The number of carbonyl (C=O) groups excluding carboxylic acids is 2. The number of amides is 1. The van der Waals surface area contributed by atoms with Crippen LogP contribution in [0, 0.1) is 6.92 Å². The van der Waals surface area contributed by atoms with E-state index >= 15 is 0 Å². The number of ether oxygens (including phenoxy) is 1. The minimum Gasteiger partial charge on any atom is -0.462 e. The normalized spacial score (nSPS) is 12.0. The molecule has 0 aliphatic heterocycles. The van der Waals surface area contributed by atoms with Gasteiger partial charge in [-0.15, -0.1) is 11.3 Å². The highest BCUT2D eigenvalue weighted by Gasteiger charge is 2.19. The number of esters is 1. The first-order valence-corrected chi connectivity index (χ1v) is 6.56. The first kappa shape index (κ1) is 14.7. The summed E-state index contributed by atoms with van der Waals surface area (Å²) in [6.07, 6.45) is 0. The van der Waals surface area contributed by atoms with Crippen molar-refractivity contribution in [2.75, 3.05) is 19.0 Å². The first-order valence-electron chi connectivity index (χ1n) is 5.75. The van der Waals surface area contributed by atoms with Gasteiger partial charge in [-0.3, -0.25) is 4.79 Å². The van der Waals surface area contributed by atoms with Crippen molar-refractivity contribution < 1.29 is 14.3 Å². The van der Waals surface area contributed by atoms with Crippen LogP contribution in [0.2, 0.25) is 0 Å². The largest absolute Gasteiger partial charge is 0.462 e. The van der Waals surface area contributed by atoms with Crippen LogP contribution in [0.15, 0.2) is 6.07 Å². The molecule has 6 heteroatoms. The van der Waals surface area contributed by atoms with E-state index in [1.54, 1.807) is 27.0 Å². The number of anilines is 1. The Morgan fingerprint density at radius 1 is 1.50 bits per heavy atom. The van der Waals surface area contributed by atoms with E-state index in [2.05, 4.69) is 10.6 Å². The molecule has 1 rings (SSSR count). The summed E-state index contributed by atoms with van der Waals surface area (Å²) in [5.41, 5.74) is 0.413. The number of aryl methyl sites for hydroxylation is 1. The van der Waals surface area contributed by atoms with Crippen molar-refractivity contribution in [1.29, 1.82) is 0 Å². The van der Waals surface area contributed by atoms with Gasteiger partial charge in [0, 0.05) is 4.88 Å². The SMILES string of the molecule is CCOC(=O)c1cc(C)sc1NC(=O)C(C)NC. The molecule has 0 saturated carbocycles. The second-order valence-electron chi connectivity index (χ2n) is 3.82. The molecule has 0 aliphatic carbocycles. The van der Waals surface area contributed by atoms with E-state index < -0.39 is 5.97 Å². The van der Waals surface area contributed by atoms with Crippen LogP contribution in [-0.4, -0.2) is 31.6 Å². The number of nitrogens with one attached hydrogen (secondary N) is 2. The fourth-order valence-electron chi connectivity index (χ4n) is 1.32. The molecular formula is C12H18N2O3S. The quantitative estimate of drug-likeness (QED) is 0.800. The molecule has 2 N–H and O–H groups in total. The first-order chi connectivity index (χ1) is 8.49. The predicted molar refractivity (Wildman–Crippen MR) is 72.2 cm³/mol. The van der Waals surface area contributed by atoms with Crippen molar-refractivity contribution in [2.24, 2.45) is 0 Å². The summed E-state index contributed by atoms with van der Waals surface area (Å²) in [6, 6.07) is 1.41. The number of rotatable bonds is 5. The Morgan fingerprint density at radius 3 is 2.72 bits per heavy atom. The van der Waals surface area contributed by atoms with Crippen LogP contribution in [0.4, 0.5) is 5.00 Å². The van der Waals surface area contributed by atoms with Crippen molar-refractivity contribution in [1.82, 2.24) is 5.32 Å². The second-order valence-corrected chi connectivity index (χ2v) is 5.08. The summed E-state index contributed by atoms with van der Waals surface area (Å²) >= 11 is 1.36. The zero-order chi connectivity index (χ0) is 13.7. The molecule has 0 bridgehead atoms. The van der Waals surface area contributed by atoms with Crippen molar-refractivity contribution >= 4 is 28.2 Å². The lowest BCUT2D eigenvalue weighted by atomic mass is 10.2. The highest BCUT2D eigenvalue weighted by Crippen LogP contribution is 2.28. The molecule has 0 aromatic carbocycles. The summed E-state index contributed by atoms with van der Waals surface area (Å²) in [7, 11) is 1.70. The molecule has 1 atom stereocenters. The van der Waals surface area contributed by atoms with Gasteiger partial charge in [0.2, 0.25) is 5.91 Å². The van der Waals surface area contributed by atoms with E-state index in [0.717, 1.165) is 4.88 Å². The monoisotopic (exact) mass is 270 g/mol. The van der Waals surface area contributed by atoms with E-state index in [0.29, 0.717) is 17.2 Å². The Bertz CT molecular complexity index is 443. The highest BCUT2D eigenvalue weighted by molar-refractivity contribution is 7.16. The van der Waals surface area contributed by atoms with Crippen molar-refractivity contribution in [3.05, 3.63) is 16.5 Å². The topological polar surface area (TPSA) is 67.4 Å². The predicted octanol–water partition coefficient (Wildman–Crippen LogP) is 1.78. The molecule has 0 radical (unpaired) electrons. The Hall–Kier alpha value is -1.40. The number of likely N-dealkylation sites (N-methyl/N-ethyl adjacent to an activating group) is 1. The van der Waals surface area contributed by atoms with E-state index in [4.69, 9.17) is 4.74 Å². The Balaban J connectivity index is 2.88. The summed E-state index contributed by atoms with van der Waals surface area (Å²) in [4.78, 5) is 24.4.